The summed E-state index contributed by atoms with van der Waals surface area (Å²) in [5.74, 6) is -0.703. The molecule has 2 aliphatic rings. The molecule has 5 aromatic rings. The number of fused-ring (bicyclic) bond motifs is 2. The minimum Gasteiger partial charge on any atom is -1.00 e. The van der Waals surface area contributed by atoms with Crippen LogP contribution in [0.4, 0.5) is 0 Å². The van der Waals surface area contributed by atoms with Crippen LogP contribution in [0.5, 0.6) is 0 Å². The van der Waals surface area contributed by atoms with Gasteiger partial charge in [0.1, 0.15) is 23.2 Å². The van der Waals surface area contributed by atoms with Gasteiger partial charge in [0.15, 0.2) is 0 Å². The molecule has 0 fully saturated rings. The number of carbonyl (C=O) groups is 4. The number of amides is 4. The predicted molar refractivity (Wildman–Crippen MR) is 197 cm³/mol. The van der Waals surface area contributed by atoms with Gasteiger partial charge in [0.25, 0.3) is 23.6 Å². The van der Waals surface area contributed by atoms with Crippen LogP contribution in [0.1, 0.15) is 54.3 Å². The molecule has 6 nitrogen and oxygen atoms in total. The lowest BCUT2D eigenvalue weighted by molar-refractivity contribution is -0.0000543. The highest BCUT2D eigenvalue weighted by atomic mass is 79.9. The van der Waals surface area contributed by atoms with Crippen molar-refractivity contribution in [3.8, 4) is 0 Å². The van der Waals surface area contributed by atoms with Gasteiger partial charge in [0.2, 0.25) is 0 Å². The third-order valence-corrected chi connectivity index (χ3v) is 13.8. The lowest BCUT2D eigenvalue weighted by Gasteiger charge is -2.28. The summed E-state index contributed by atoms with van der Waals surface area (Å²) >= 11 is 3.28. The van der Waals surface area contributed by atoms with Crippen LogP contribution in [-0.4, -0.2) is 58.0 Å². The zero-order valence-electron chi connectivity index (χ0n) is 26.8. The number of hydrogen-bond acceptors (Lipinski definition) is 4. The molecule has 49 heavy (non-hydrogen) atoms. The van der Waals surface area contributed by atoms with Crippen molar-refractivity contribution >= 4 is 62.7 Å². The Bertz CT molecular complexity index is 1770. The summed E-state index contributed by atoms with van der Waals surface area (Å²) in [6, 6.07) is 46.1. The van der Waals surface area contributed by atoms with Crippen LogP contribution in [0, 0.1) is 0 Å². The molecular weight excluding hydrogens is 763 g/mol. The van der Waals surface area contributed by atoms with Gasteiger partial charge < -0.3 is 17.0 Å². The van der Waals surface area contributed by atoms with Crippen LogP contribution in [0.25, 0.3) is 0 Å². The van der Waals surface area contributed by atoms with Crippen molar-refractivity contribution in [2.24, 2.45) is 0 Å². The number of rotatable bonds is 10. The van der Waals surface area contributed by atoms with Crippen molar-refractivity contribution in [2.45, 2.75) is 12.8 Å². The summed E-state index contributed by atoms with van der Waals surface area (Å²) in [6.07, 6.45) is 2.39. The van der Waals surface area contributed by atoms with E-state index >= 15 is 0 Å². The molecule has 0 bridgehead atoms. The molecule has 2 heterocycles. The Labute approximate surface area is 306 Å². The van der Waals surface area contributed by atoms with Crippen molar-refractivity contribution in [2.75, 3.05) is 24.6 Å². The Morgan fingerprint density at radius 2 is 0.714 bits per heavy atom. The van der Waals surface area contributed by atoms with Crippen LogP contribution in [0.15, 0.2) is 140 Å². The Hall–Kier alpha value is -4.23. The fraction of sp³-hybridized carbons (Fsp3) is 0.150. The van der Waals surface area contributed by atoms with Gasteiger partial charge in [-0.3, -0.25) is 29.0 Å². The fourth-order valence-corrected chi connectivity index (χ4v) is 11.0. The molecule has 5 aromatic carbocycles. The summed E-state index contributed by atoms with van der Waals surface area (Å²) in [4.78, 5) is 52.1. The zero-order chi connectivity index (χ0) is 33.5. The van der Waals surface area contributed by atoms with Gasteiger partial charge in [-0.15, -0.1) is 0 Å². The molecule has 0 atom stereocenters. The average molecular weight is 799 g/mol. The molecule has 4 amide bonds. The Morgan fingerprint density at radius 3 is 1.02 bits per heavy atom. The molecular formula is C40H35Br2N2O4P. The lowest BCUT2D eigenvalue weighted by Crippen LogP contribution is -3.00. The molecule has 2 aliphatic heterocycles. The fourth-order valence-electron chi connectivity index (χ4n) is 6.45. The number of benzene rings is 5. The molecule has 0 radical (unpaired) electrons. The van der Waals surface area contributed by atoms with E-state index < -0.39 is 7.26 Å². The van der Waals surface area contributed by atoms with Gasteiger partial charge in [-0.2, -0.15) is 0 Å². The van der Waals surface area contributed by atoms with Gasteiger partial charge in [0, 0.05) is 24.8 Å². The first kappa shape index (κ1) is 36.1. The third kappa shape index (κ3) is 7.23. The highest BCUT2D eigenvalue weighted by Gasteiger charge is 2.45. The maximum atomic E-state index is 12.9. The SMILES string of the molecule is O=C1c2ccccc2C(=O)N1CCCBr.O=C1c2ccccc2C(=O)N1CCC[P+](c1ccccc1)(c1ccccc1)c1ccccc1.[Br-]. The van der Waals surface area contributed by atoms with Gasteiger partial charge in [-0.05, 0) is 67.1 Å². The molecule has 0 saturated heterocycles. The highest BCUT2D eigenvalue weighted by molar-refractivity contribution is 9.09. The largest absolute Gasteiger partial charge is 1.00 e. The number of hydrogen-bond donors (Lipinski definition) is 0. The Balaban J connectivity index is 0.000000246. The molecule has 0 unspecified atom stereocenters. The lowest BCUT2D eigenvalue weighted by atomic mass is 10.1. The molecule has 9 heteroatoms. The van der Waals surface area contributed by atoms with E-state index in [1.54, 1.807) is 36.4 Å². The number of halogens is 2. The van der Waals surface area contributed by atoms with Gasteiger partial charge >= 0.3 is 0 Å². The smallest absolute Gasteiger partial charge is 0.261 e. The Morgan fingerprint density at radius 1 is 0.429 bits per heavy atom. The number of nitrogens with zero attached hydrogens (tertiary/aromatic N) is 2. The van der Waals surface area contributed by atoms with Crippen molar-refractivity contribution in [1.82, 2.24) is 9.80 Å². The standard InChI is InChI=1S/C29H25NO2P.C11H10BrNO2.BrH/c31-28-26-19-10-11-20-27(26)29(32)30(28)21-12-22-33(23-13-4-1-5-14-23,24-15-6-2-7-16-24)25-17-8-3-9-18-25;12-6-3-7-13-10(14)8-4-1-2-5-9(8)11(13)15;/h1-11,13-20H,12,21-22H2;1-2,4-5H,3,6-7H2;1H/q+1;;/p-1. The quantitative estimate of drug-likeness (QED) is 0.123. The van der Waals surface area contributed by atoms with E-state index in [4.69, 9.17) is 0 Å². The molecule has 0 spiro atoms. The summed E-state index contributed by atoms with van der Waals surface area (Å²) in [6.45, 7) is 0.901. The second-order valence-electron chi connectivity index (χ2n) is 11.6. The third-order valence-electron chi connectivity index (χ3n) is 8.74. The molecule has 0 saturated carbocycles. The average Bonchev–Trinajstić information content (AvgIpc) is 3.54. The maximum absolute atomic E-state index is 12.9. The van der Waals surface area contributed by atoms with Crippen molar-refractivity contribution in [3.63, 3.8) is 0 Å². The minimum atomic E-state index is -1.97. The molecule has 0 N–H and O–H groups in total. The van der Waals surface area contributed by atoms with E-state index in [0.29, 0.717) is 35.3 Å². The van der Waals surface area contributed by atoms with E-state index in [1.165, 1.54) is 25.7 Å². The summed E-state index contributed by atoms with van der Waals surface area (Å²) in [5.41, 5.74) is 2.07. The zero-order valence-corrected chi connectivity index (χ0v) is 30.8. The Kier molecular flexibility index (Phi) is 12.1. The summed E-state index contributed by atoms with van der Waals surface area (Å²) in [7, 11) is -1.97. The second kappa shape index (κ2) is 16.4. The second-order valence-corrected chi connectivity index (χ2v) is 16.0. The van der Waals surface area contributed by atoms with Gasteiger partial charge in [-0.1, -0.05) is 94.8 Å². The van der Waals surface area contributed by atoms with Crippen molar-refractivity contribution in [3.05, 3.63) is 162 Å². The van der Waals surface area contributed by atoms with Crippen LogP contribution in [0.2, 0.25) is 0 Å². The molecule has 0 aliphatic carbocycles. The van der Waals surface area contributed by atoms with E-state index in [9.17, 15) is 19.2 Å². The van der Waals surface area contributed by atoms with E-state index in [2.05, 4.69) is 88.7 Å². The monoisotopic (exact) mass is 796 g/mol. The summed E-state index contributed by atoms with van der Waals surface area (Å²) < 4.78 is 0. The van der Waals surface area contributed by atoms with Crippen LogP contribution < -0.4 is 32.9 Å². The highest BCUT2D eigenvalue weighted by Crippen LogP contribution is 2.55. The number of imide groups is 2. The van der Waals surface area contributed by atoms with Gasteiger partial charge in [0.05, 0.1) is 28.4 Å². The van der Waals surface area contributed by atoms with Crippen LogP contribution >= 0.6 is 23.2 Å². The first-order chi connectivity index (χ1) is 23.5. The van der Waals surface area contributed by atoms with Crippen LogP contribution in [-0.2, 0) is 0 Å². The van der Waals surface area contributed by atoms with Crippen molar-refractivity contribution < 1.29 is 36.2 Å². The number of alkyl halides is 1. The van der Waals surface area contributed by atoms with Gasteiger partial charge in [-0.25, -0.2) is 0 Å². The minimum absolute atomic E-state index is 0. The summed E-state index contributed by atoms with van der Waals surface area (Å²) in [5, 5.41) is 4.72. The van der Waals surface area contributed by atoms with E-state index in [1.807, 2.05) is 30.3 Å². The predicted octanol–water partition coefficient (Wildman–Crippen LogP) is 3.74. The number of carbonyl (C=O) groups excluding carboxylic acids is 4. The topological polar surface area (TPSA) is 74.8 Å². The van der Waals surface area contributed by atoms with Crippen LogP contribution in [0.3, 0.4) is 0 Å². The normalized spacial score (nSPS) is 13.4. The molecule has 248 valence electrons. The first-order valence-electron chi connectivity index (χ1n) is 16.0. The van der Waals surface area contributed by atoms with E-state index in [0.717, 1.165) is 24.3 Å². The first-order valence-corrected chi connectivity index (χ1v) is 19.1. The van der Waals surface area contributed by atoms with E-state index in [-0.39, 0.29) is 40.6 Å². The van der Waals surface area contributed by atoms with Crippen molar-refractivity contribution in [1.29, 1.82) is 0 Å². The maximum Gasteiger partial charge on any atom is 0.261 e. The molecule has 0 aromatic heterocycles. The molecule has 7 rings (SSSR count).